The van der Waals surface area contributed by atoms with Crippen LogP contribution in [0, 0.1) is 0 Å². The van der Waals surface area contributed by atoms with E-state index in [0.29, 0.717) is 0 Å². The maximum absolute atomic E-state index is 14.1. The van der Waals surface area contributed by atoms with Gasteiger partial charge in [-0.05, 0) is 95.1 Å². The molecular weight excluding hydrogens is 499 g/mol. The number of hydrogen-bond donors (Lipinski definition) is 0. The van der Waals surface area contributed by atoms with E-state index in [0.717, 1.165) is 45.5 Å². The van der Waals surface area contributed by atoms with Crippen LogP contribution in [0.2, 0.25) is 10.0 Å². The van der Waals surface area contributed by atoms with Crippen molar-refractivity contribution in [1.82, 2.24) is 0 Å². The molecule has 0 aliphatic heterocycles. The standard InChI is InChI=1S/C29H24Cl2OS2/c30-21-7-3-19(4-8-21)28(13-1-14-28)23-11-17-33-26(23)25(32)27-24(12-18-34-27)29(15-2-16-29)20-5-9-22(31)10-6-20/h3-12,17-18H,1-2,13-16H2. The Labute approximate surface area is 218 Å². The molecule has 2 aliphatic carbocycles. The molecule has 4 aromatic rings. The van der Waals surface area contributed by atoms with Crippen LogP contribution in [-0.4, -0.2) is 5.78 Å². The summed E-state index contributed by atoms with van der Waals surface area (Å²) in [5.41, 5.74) is 4.72. The van der Waals surface area contributed by atoms with Crippen LogP contribution in [0.4, 0.5) is 0 Å². The highest BCUT2D eigenvalue weighted by atomic mass is 35.5. The molecule has 0 unspecified atom stereocenters. The fraction of sp³-hybridized carbons (Fsp3) is 0.276. The van der Waals surface area contributed by atoms with E-state index in [1.165, 1.54) is 35.1 Å². The lowest BCUT2D eigenvalue weighted by Gasteiger charge is -2.44. The second kappa shape index (κ2) is 8.64. The summed E-state index contributed by atoms with van der Waals surface area (Å²) in [4.78, 5) is 15.9. The van der Waals surface area contributed by atoms with Crippen LogP contribution in [0.3, 0.4) is 0 Å². The first kappa shape index (κ1) is 22.5. The molecule has 0 amide bonds. The van der Waals surface area contributed by atoms with Gasteiger partial charge in [0.25, 0.3) is 0 Å². The van der Waals surface area contributed by atoms with Gasteiger partial charge in [0.15, 0.2) is 0 Å². The van der Waals surface area contributed by atoms with Crippen molar-refractivity contribution in [2.45, 2.75) is 49.4 Å². The lowest BCUT2D eigenvalue weighted by Crippen LogP contribution is -2.37. The van der Waals surface area contributed by atoms with Crippen molar-refractivity contribution in [3.63, 3.8) is 0 Å². The molecule has 2 fully saturated rings. The number of hydrogen-bond acceptors (Lipinski definition) is 3. The van der Waals surface area contributed by atoms with Gasteiger partial charge in [-0.3, -0.25) is 4.79 Å². The predicted molar refractivity (Wildman–Crippen MR) is 144 cm³/mol. The van der Waals surface area contributed by atoms with Crippen LogP contribution < -0.4 is 0 Å². The highest BCUT2D eigenvalue weighted by Crippen LogP contribution is 2.54. The minimum Gasteiger partial charge on any atom is -0.287 e. The van der Waals surface area contributed by atoms with Crippen LogP contribution >= 0.6 is 45.9 Å². The lowest BCUT2D eigenvalue weighted by molar-refractivity contribution is 0.103. The average Bonchev–Trinajstić information content (AvgIpc) is 3.45. The number of carbonyl (C=O) groups excluding carboxylic acids is 1. The molecule has 0 bridgehead atoms. The van der Waals surface area contributed by atoms with E-state index < -0.39 is 0 Å². The van der Waals surface area contributed by atoms with E-state index >= 15 is 0 Å². The van der Waals surface area contributed by atoms with E-state index in [-0.39, 0.29) is 16.6 Å². The molecule has 1 nitrogen and oxygen atoms in total. The molecule has 0 atom stereocenters. The summed E-state index contributed by atoms with van der Waals surface area (Å²) in [6, 6.07) is 20.8. The summed E-state index contributed by atoms with van der Waals surface area (Å²) in [6.45, 7) is 0. The minimum atomic E-state index is -0.0860. The molecule has 0 N–H and O–H groups in total. The van der Waals surface area contributed by atoms with Crippen molar-refractivity contribution in [2.24, 2.45) is 0 Å². The van der Waals surface area contributed by atoms with Crippen LogP contribution in [0.25, 0.3) is 0 Å². The number of carbonyl (C=O) groups is 1. The fourth-order valence-electron chi connectivity index (χ4n) is 5.85. The minimum absolute atomic E-state index is 0.0860. The molecular formula is C29H24Cl2OS2. The fourth-order valence-corrected chi connectivity index (χ4v) is 8.05. The van der Waals surface area contributed by atoms with Gasteiger partial charge < -0.3 is 0 Å². The predicted octanol–water partition coefficient (Wildman–Crippen LogP) is 9.29. The van der Waals surface area contributed by atoms with Gasteiger partial charge in [-0.15, -0.1) is 22.7 Å². The highest BCUT2D eigenvalue weighted by molar-refractivity contribution is 7.16. The quantitative estimate of drug-likeness (QED) is 0.230. The van der Waals surface area contributed by atoms with E-state index in [1.54, 1.807) is 22.7 Å². The summed E-state index contributed by atoms with van der Waals surface area (Å²) < 4.78 is 0. The average molecular weight is 524 g/mol. The second-order valence-electron chi connectivity index (χ2n) is 9.54. The summed E-state index contributed by atoms with van der Waals surface area (Å²) >= 11 is 15.5. The molecule has 2 aromatic heterocycles. The molecule has 34 heavy (non-hydrogen) atoms. The Morgan fingerprint density at radius 2 is 1.00 bits per heavy atom. The van der Waals surface area contributed by atoms with E-state index in [9.17, 15) is 4.79 Å². The Morgan fingerprint density at radius 1 is 0.618 bits per heavy atom. The van der Waals surface area contributed by atoms with Gasteiger partial charge in [-0.2, -0.15) is 0 Å². The third kappa shape index (κ3) is 3.44. The zero-order chi connectivity index (χ0) is 23.3. The SMILES string of the molecule is O=C(c1sccc1C1(c2ccc(Cl)cc2)CCC1)c1sccc1C1(c2ccc(Cl)cc2)CCC1. The number of halogens is 2. The van der Waals surface area contributed by atoms with Gasteiger partial charge in [-0.25, -0.2) is 0 Å². The summed E-state index contributed by atoms with van der Waals surface area (Å²) in [5, 5.41) is 5.67. The number of rotatable bonds is 6. The summed E-state index contributed by atoms with van der Waals surface area (Å²) in [5.74, 6) is 0.176. The molecule has 2 aromatic carbocycles. The molecule has 2 heterocycles. The number of ketones is 1. The molecule has 6 rings (SSSR count). The zero-order valence-corrected chi connectivity index (χ0v) is 21.8. The smallest absolute Gasteiger partial charge is 0.213 e. The van der Waals surface area contributed by atoms with E-state index in [1.807, 2.05) is 24.3 Å². The van der Waals surface area contributed by atoms with Crippen LogP contribution in [0.1, 0.15) is 75.3 Å². The normalized spacial score (nSPS) is 18.2. The molecule has 2 aliphatic rings. The van der Waals surface area contributed by atoms with Crippen LogP contribution in [0.15, 0.2) is 71.4 Å². The van der Waals surface area contributed by atoms with Crippen molar-refractivity contribution in [3.8, 4) is 0 Å². The third-order valence-corrected chi connectivity index (χ3v) is 10.3. The summed E-state index contributed by atoms with van der Waals surface area (Å²) in [7, 11) is 0. The van der Waals surface area contributed by atoms with Crippen molar-refractivity contribution in [2.75, 3.05) is 0 Å². The van der Waals surface area contributed by atoms with Crippen molar-refractivity contribution >= 4 is 51.7 Å². The lowest BCUT2D eigenvalue weighted by atomic mass is 9.59. The van der Waals surface area contributed by atoms with Crippen molar-refractivity contribution < 1.29 is 4.79 Å². The molecule has 0 saturated heterocycles. The second-order valence-corrected chi connectivity index (χ2v) is 12.2. The first-order chi connectivity index (χ1) is 16.5. The first-order valence-electron chi connectivity index (χ1n) is 11.8. The van der Waals surface area contributed by atoms with Gasteiger partial charge in [0.2, 0.25) is 5.78 Å². The monoisotopic (exact) mass is 522 g/mol. The topological polar surface area (TPSA) is 17.1 Å². The Bertz CT molecular complexity index is 1240. The Morgan fingerprint density at radius 3 is 1.32 bits per heavy atom. The molecule has 172 valence electrons. The van der Waals surface area contributed by atoms with Gasteiger partial charge in [0.05, 0.1) is 9.75 Å². The van der Waals surface area contributed by atoms with Crippen molar-refractivity contribution in [1.29, 1.82) is 0 Å². The molecule has 2 saturated carbocycles. The van der Waals surface area contributed by atoms with Crippen molar-refractivity contribution in [3.05, 3.63) is 113 Å². The Balaban J connectivity index is 1.41. The maximum Gasteiger partial charge on any atom is 0.213 e. The Kier molecular flexibility index (Phi) is 5.73. The zero-order valence-electron chi connectivity index (χ0n) is 18.7. The van der Waals surface area contributed by atoms with Gasteiger partial charge in [-0.1, -0.05) is 60.3 Å². The number of thiophene rings is 2. The van der Waals surface area contributed by atoms with Gasteiger partial charge in [0.1, 0.15) is 0 Å². The van der Waals surface area contributed by atoms with Gasteiger partial charge >= 0.3 is 0 Å². The maximum atomic E-state index is 14.1. The molecule has 0 radical (unpaired) electrons. The van der Waals surface area contributed by atoms with E-state index in [2.05, 4.69) is 47.2 Å². The largest absolute Gasteiger partial charge is 0.287 e. The number of benzene rings is 2. The van der Waals surface area contributed by atoms with Crippen LogP contribution in [0.5, 0.6) is 0 Å². The first-order valence-corrected chi connectivity index (χ1v) is 14.3. The Hall–Kier alpha value is -1.91. The molecule has 0 spiro atoms. The third-order valence-electron chi connectivity index (χ3n) is 7.98. The van der Waals surface area contributed by atoms with E-state index in [4.69, 9.17) is 23.2 Å². The summed E-state index contributed by atoms with van der Waals surface area (Å²) in [6.07, 6.45) is 6.62. The highest BCUT2D eigenvalue weighted by Gasteiger charge is 2.46. The molecule has 5 heteroatoms. The van der Waals surface area contributed by atoms with Crippen LogP contribution in [-0.2, 0) is 10.8 Å². The van der Waals surface area contributed by atoms with Gasteiger partial charge in [0, 0.05) is 20.9 Å².